The van der Waals surface area contributed by atoms with Crippen LogP contribution in [0.2, 0.25) is 0 Å². The lowest BCUT2D eigenvalue weighted by atomic mass is 10.2. The summed E-state index contributed by atoms with van der Waals surface area (Å²) in [6, 6.07) is 6.58. The molecule has 0 bridgehead atoms. The Morgan fingerprint density at radius 3 is 2.41 bits per heavy atom. The van der Waals surface area contributed by atoms with Crippen molar-refractivity contribution in [2.24, 2.45) is 0 Å². The molecule has 1 aliphatic heterocycles. The highest BCUT2D eigenvalue weighted by molar-refractivity contribution is 7.99. The fourth-order valence-corrected chi connectivity index (χ4v) is 5.52. The summed E-state index contributed by atoms with van der Waals surface area (Å²) >= 11 is 1.31. The zero-order chi connectivity index (χ0) is 20.9. The first-order chi connectivity index (χ1) is 13.9. The molecule has 0 aliphatic carbocycles. The fourth-order valence-electron chi connectivity index (χ4n) is 3.16. The van der Waals surface area contributed by atoms with Crippen molar-refractivity contribution in [1.29, 1.82) is 0 Å². The number of hydrogen-bond acceptors (Lipinski definition) is 6. The first-order valence-electron chi connectivity index (χ1n) is 9.80. The van der Waals surface area contributed by atoms with Gasteiger partial charge in [-0.25, -0.2) is 8.42 Å². The number of thioether (sulfide) groups is 1. The summed E-state index contributed by atoms with van der Waals surface area (Å²) in [4.78, 5) is 12.5. The van der Waals surface area contributed by atoms with E-state index >= 15 is 0 Å². The number of nitrogens with one attached hydrogen (secondary N) is 1. The van der Waals surface area contributed by atoms with E-state index in [2.05, 4.69) is 15.5 Å². The Morgan fingerprint density at radius 1 is 1.14 bits per heavy atom. The number of aromatic nitrogens is 3. The molecule has 1 aliphatic rings. The number of carbonyl (C=O) groups excluding carboxylic acids is 1. The molecule has 8 nitrogen and oxygen atoms in total. The minimum atomic E-state index is -3.48. The van der Waals surface area contributed by atoms with E-state index in [1.807, 2.05) is 18.4 Å². The third-order valence-electron chi connectivity index (χ3n) is 4.77. The maximum Gasteiger partial charge on any atom is 0.243 e. The highest BCUT2D eigenvalue weighted by Gasteiger charge is 2.25. The van der Waals surface area contributed by atoms with Gasteiger partial charge in [-0.2, -0.15) is 4.31 Å². The van der Waals surface area contributed by atoms with Crippen molar-refractivity contribution in [3.63, 3.8) is 0 Å². The van der Waals surface area contributed by atoms with Gasteiger partial charge in [0.05, 0.1) is 10.6 Å². The molecule has 1 N–H and O–H groups in total. The Morgan fingerprint density at radius 2 is 1.79 bits per heavy atom. The van der Waals surface area contributed by atoms with Crippen molar-refractivity contribution >= 4 is 33.4 Å². The number of amides is 1. The smallest absolute Gasteiger partial charge is 0.243 e. The summed E-state index contributed by atoms with van der Waals surface area (Å²) in [7, 11) is -3.48. The minimum Gasteiger partial charge on any atom is -0.325 e. The van der Waals surface area contributed by atoms with Gasteiger partial charge < -0.3 is 9.88 Å². The maximum atomic E-state index is 12.8. The Kier molecular flexibility index (Phi) is 7.31. The third-order valence-corrected chi connectivity index (χ3v) is 7.64. The number of carbonyl (C=O) groups is 1. The van der Waals surface area contributed by atoms with E-state index in [1.165, 1.54) is 11.8 Å². The Balaban J connectivity index is 1.58. The molecule has 2 heterocycles. The van der Waals surface area contributed by atoms with Gasteiger partial charge in [0.25, 0.3) is 0 Å². The molecule has 2 aromatic rings. The van der Waals surface area contributed by atoms with Crippen molar-refractivity contribution in [3.05, 3.63) is 30.6 Å². The van der Waals surface area contributed by atoms with Crippen molar-refractivity contribution < 1.29 is 13.2 Å². The summed E-state index contributed by atoms with van der Waals surface area (Å²) < 4.78 is 29.1. The molecule has 0 unspecified atom stereocenters. The lowest BCUT2D eigenvalue weighted by Crippen LogP contribution is -2.31. The van der Waals surface area contributed by atoms with Gasteiger partial charge >= 0.3 is 0 Å². The number of benzene rings is 1. The first kappa shape index (κ1) is 21.8. The second-order valence-corrected chi connectivity index (χ2v) is 10.2. The predicted molar refractivity (Wildman–Crippen MR) is 113 cm³/mol. The van der Waals surface area contributed by atoms with E-state index in [4.69, 9.17) is 0 Å². The molecule has 1 aromatic carbocycles. The van der Waals surface area contributed by atoms with E-state index in [9.17, 15) is 13.2 Å². The minimum absolute atomic E-state index is 0.184. The van der Waals surface area contributed by atoms with Crippen LogP contribution in [-0.4, -0.2) is 52.2 Å². The predicted octanol–water partition coefficient (Wildman–Crippen LogP) is 3.15. The van der Waals surface area contributed by atoms with Crippen LogP contribution in [0.25, 0.3) is 0 Å². The molecule has 1 saturated heterocycles. The second kappa shape index (κ2) is 9.73. The normalized spacial score (nSPS) is 16.0. The van der Waals surface area contributed by atoms with Crippen molar-refractivity contribution in [2.45, 2.75) is 55.6 Å². The van der Waals surface area contributed by atoms with E-state index in [-0.39, 0.29) is 22.6 Å². The van der Waals surface area contributed by atoms with Crippen LogP contribution in [0.15, 0.2) is 40.6 Å². The molecule has 3 rings (SSSR count). The van der Waals surface area contributed by atoms with Gasteiger partial charge in [-0.15, -0.1) is 10.2 Å². The van der Waals surface area contributed by atoms with Crippen LogP contribution in [0.4, 0.5) is 5.69 Å². The molecule has 1 fully saturated rings. The monoisotopic (exact) mass is 437 g/mol. The van der Waals surface area contributed by atoms with Gasteiger partial charge in [0.2, 0.25) is 15.9 Å². The number of hydrogen-bond donors (Lipinski definition) is 1. The SMILES string of the molecule is CC(C)n1cnnc1SCC(=O)Nc1ccc(S(=O)(=O)N2CCCCCC2)cc1. The maximum absolute atomic E-state index is 12.8. The van der Waals surface area contributed by atoms with Crippen LogP contribution in [0.3, 0.4) is 0 Å². The molecule has 29 heavy (non-hydrogen) atoms. The van der Waals surface area contributed by atoms with Gasteiger partial charge in [-0.05, 0) is 51.0 Å². The van der Waals surface area contributed by atoms with E-state index < -0.39 is 10.0 Å². The summed E-state index contributed by atoms with van der Waals surface area (Å²) in [5.74, 6) is 0.00983. The molecule has 1 aromatic heterocycles. The first-order valence-corrected chi connectivity index (χ1v) is 12.2. The van der Waals surface area contributed by atoms with Gasteiger partial charge in [0.1, 0.15) is 6.33 Å². The van der Waals surface area contributed by atoms with E-state index in [0.717, 1.165) is 25.7 Å². The molecule has 0 saturated carbocycles. The average Bonchev–Trinajstić information content (AvgIpc) is 2.99. The lowest BCUT2D eigenvalue weighted by molar-refractivity contribution is -0.113. The molecule has 158 valence electrons. The second-order valence-electron chi connectivity index (χ2n) is 7.29. The fraction of sp³-hybridized carbons (Fsp3) is 0.526. The summed E-state index contributed by atoms with van der Waals surface area (Å²) in [5.41, 5.74) is 0.566. The number of sulfonamides is 1. The van der Waals surface area contributed by atoms with Crippen LogP contribution in [0, 0.1) is 0 Å². The van der Waals surface area contributed by atoms with Crippen LogP contribution >= 0.6 is 11.8 Å². The average molecular weight is 438 g/mol. The number of rotatable bonds is 7. The summed E-state index contributed by atoms with van der Waals surface area (Å²) in [6.07, 6.45) is 5.59. The zero-order valence-electron chi connectivity index (χ0n) is 16.7. The summed E-state index contributed by atoms with van der Waals surface area (Å²) in [6.45, 7) is 5.18. The molecule has 1 amide bonds. The van der Waals surface area contributed by atoms with Crippen molar-refractivity contribution in [1.82, 2.24) is 19.1 Å². The van der Waals surface area contributed by atoms with Gasteiger partial charge in [0.15, 0.2) is 5.16 Å². The highest BCUT2D eigenvalue weighted by Crippen LogP contribution is 2.22. The molecule has 10 heteroatoms. The molecular formula is C19H27N5O3S2. The van der Waals surface area contributed by atoms with Crippen LogP contribution in [0.1, 0.15) is 45.6 Å². The third kappa shape index (κ3) is 5.58. The largest absolute Gasteiger partial charge is 0.325 e. The standard InChI is InChI=1S/C19H27N5O3S2/c1-15(2)24-14-20-22-19(24)28-13-18(25)21-16-7-9-17(10-8-16)29(26,27)23-11-5-3-4-6-12-23/h7-10,14-15H,3-6,11-13H2,1-2H3,(H,21,25). The molecule has 0 atom stereocenters. The van der Waals surface area contributed by atoms with Crippen LogP contribution < -0.4 is 5.32 Å². The van der Waals surface area contributed by atoms with Gasteiger partial charge in [0, 0.05) is 24.8 Å². The van der Waals surface area contributed by atoms with Gasteiger partial charge in [-0.3, -0.25) is 4.79 Å². The zero-order valence-corrected chi connectivity index (χ0v) is 18.4. The summed E-state index contributed by atoms with van der Waals surface area (Å²) in [5, 5.41) is 11.4. The van der Waals surface area contributed by atoms with Gasteiger partial charge in [-0.1, -0.05) is 24.6 Å². The Labute approximate surface area is 176 Å². The molecule has 0 radical (unpaired) electrons. The highest BCUT2D eigenvalue weighted by atomic mass is 32.2. The lowest BCUT2D eigenvalue weighted by Gasteiger charge is -2.20. The van der Waals surface area contributed by atoms with E-state index in [1.54, 1.807) is 34.9 Å². The Hall–Kier alpha value is -1.91. The Bertz CT molecular complexity index is 918. The van der Waals surface area contributed by atoms with Crippen molar-refractivity contribution in [2.75, 3.05) is 24.2 Å². The quantitative estimate of drug-likeness (QED) is 0.668. The molecular weight excluding hydrogens is 410 g/mol. The van der Waals surface area contributed by atoms with E-state index in [0.29, 0.717) is 23.9 Å². The van der Waals surface area contributed by atoms with Crippen LogP contribution in [-0.2, 0) is 14.8 Å². The molecule has 0 spiro atoms. The van der Waals surface area contributed by atoms with Crippen LogP contribution in [0.5, 0.6) is 0 Å². The topological polar surface area (TPSA) is 97.2 Å². The number of nitrogens with zero attached hydrogens (tertiary/aromatic N) is 4. The van der Waals surface area contributed by atoms with Crippen molar-refractivity contribution in [3.8, 4) is 0 Å². The number of anilines is 1.